The van der Waals surface area contributed by atoms with Crippen molar-refractivity contribution >= 4 is 46.4 Å². The highest BCUT2D eigenvalue weighted by molar-refractivity contribution is 6.32. The minimum absolute atomic E-state index is 0.176. The van der Waals surface area contributed by atoms with Gasteiger partial charge in [-0.1, -0.05) is 35.3 Å². The molecule has 0 spiro atoms. The molecule has 0 heterocycles. The van der Waals surface area contributed by atoms with Gasteiger partial charge in [0.15, 0.2) is 6.61 Å². The molecule has 0 unspecified atom stereocenters. The van der Waals surface area contributed by atoms with Crippen molar-refractivity contribution < 1.29 is 23.5 Å². The molecule has 0 aliphatic heterocycles. The van der Waals surface area contributed by atoms with Crippen LogP contribution in [0.15, 0.2) is 60.7 Å². The van der Waals surface area contributed by atoms with Crippen LogP contribution in [0, 0.1) is 5.82 Å². The largest absolute Gasteiger partial charge is 0.495 e. The van der Waals surface area contributed by atoms with Gasteiger partial charge in [-0.2, -0.15) is 0 Å². The molecule has 0 aliphatic rings. The number of hydrogen-bond donors (Lipinski definition) is 2. The number of halogens is 3. The van der Waals surface area contributed by atoms with Gasteiger partial charge in [0.2, 0.25) is 0 Å². The molecule has 0 fully saturated rings. The van der Waals surface area contributed by atoms with Gasteiger partial charge in [-0.3, -0.25) is 9.59 Å². The van der Waals surface area contributed by atoms with Crippen molar-refractivity contribution in [1.29, 1.82) is 0 Å². The first kappa shape index (κ1) is 22.4. The highest BCUT2D eigenvalue weighted by Gasteiger charge is 2.15. The maximum absolute atomic E-state index is 14.0. The Balaban J connectivity index is 1.70. The predicted molar refractivity (Wildman–Crippen MR) is 118 cm³/mol. The molecule has 0 atom stereocenters. The van der Waals surface area contributed by atoms with Crippen LogP contribution in [-0.4, -0.2) is 25.5 Å². The molecule has 0 aromatic heterocycles. The second kappa shape index (κ2) is 10.1. The number of nitrogens with one attached hydrogen (secondary N) is 2. The summed E-state index contributed by atoms with van der Waals surface area (Å²) >= 11 is 11.7. The third-order valence-corrected chi connectivity index (χ3v) is 4.65. The lowest BCUT2D eigenvalue weighted by Crippen LogP contribution is -2.20. The average molecular weight is 463 g/mol. The van der Waals surface area contributed by atoms with E-state index in [1.165, 1.54) is 25.3 Å². The van der Waals surface area contributed by atoms with Gasteiger partial charge >= 0.3 is 0 Å². The Morgan fingerprint density at radius 3 is 2.45 bits per heavy atom. The minimum atomic E-state index is -0.759. The molecule has 3 aromatic rings. The van der Waals surface area contributed by atoms with Crippen LogP contribution in [0.2, 0.25) is 10.0 Å². The number of hydrogen-bond acceptors (Lipinski definition) is 4. The number of ether oxygens (including phenoxy) is 2. The molecule has 3 rings (SSSR count). The summed E-state index contributed by atoms with van der Waals surface area (Å²) in [6, 6.07) is 15.1. The molecule has 2 amide bonds. The Morgan fingerprint density at radius 2 is 1.74 bits per heavy atom. The van der Waals surface area contributed by atoms with E-state index >= 15 is 0 Å². The lowest BCUT2D eigenvalue weighted by molar-refractivity contribution is -0.118. The van der Waals surface area contributed by atoms with Gasteiger partial charge in [0.25, 0.3) is 11.8 Å². The quantitative estimate of drug-likeness (QED) is 0.491. The first-order chi connectivity index (χ1) is 14.9. The van der Waals surface area contributed by atoms with Crippen molar-refractivity contribution in [3.63, 3.8) is 0 Å². The number of amides is 2. The molecule has 6 nitrogen and oxygen atoms in total. The van der Waals surface area contributed by atoms with E-state index in [0.29, 0.717) is 22.2 Å². The fraction of sp³-hybridized carbons (Fsp3) is 0.0909. The molecular formula is C22H17Cl2FN2O4. The van der Waals surface area contributed by atoms with E-state index in [4.69, 9.17) is 32.7 Å². The monoisotopic (exact) mass is 462 g/mol. The van der Waals surface area contributed by atoms with Crippen LogP contribution in [0.1, 0.15) is 10.4 Å². The molecule has 160 valence electrons. The van der Waals surface area contributed by atoms with Gasteiger partial charge in [-0.25, -0.2) is 4.39 Å². The Hall–Kier alpha value is -3.29. The van der Waals surface area contributed by atoms with Gasteiger partial charge in [0.05, 0.1) is 23.4 Å². The van der Waals surface area contributed by atoms with Crippen molar-refractivity contribution in [3.8, 4) is 11.5 Å². The molecule has 0 bridgehead atoms. The molecule has 3 aromatic carbocycles. The van der Waals surface area contributed by atoms with Crippen LogP contribution < -0.4 is 20.1 Å². The molecule has 0 saturated heterocycles. The van der Waals surface area contributed by atoms with Crippen molar-refractivity contribution in [1.82, 2.24) is 0 Å². The van der Waals surface area contributed by atoms with Gasteiger partial charge in [0.1, 0.15) is 17.3 Å². The normalized spacial score (nSPS) is 10.3. The van der Waals surface area contributed by atoms with E-state index in [1.54, 1.807) is 36.4 Å². The third kappa shape index (κ3) is 5.87. The van der Waals surface area contributed by atoms with E-state index in [2.05, 4.69) is 10.6 Å². The van der Waals surface area contributed by atoms with Crippen LogP contribution >= 0.6 is 23.2 Å². The topological polar surface area (TPSA) is 76.7 Å². The third-order valence-electron chi connectivity index (χ3n) is 4.10. The summed E-state index contributed by atoms with van der Waals surface area (Å²) in [6.07, 6.45) is 0. The van der Waals surface area contributed by atoms with Crippen molar-refractivity contribution in [3.05, 3.63) is 82.1 Å². The summed E-state index contributed by atoms with van der Waals surface area (Å²) in [5.41, 5.74) is 0.432. The smallest absolute Gasteiger partial charge is 0.262 e. The van der Waals surface area contributed by atoms with Gasteiger partial charge in [-0.15, -0.1) is 0 Å². The molecule has 9 heteroatoms. The zero-order valence-corrected chi connectivity index (χ0v) is 17.8. The average Bonchev–Trinajstić information content (AvgIpc) is 2.73. The van der Waals surface area contributed by atoms with E-state index < -0.39 is 17.6 Å². The Morgan fingerprint density at radius 1 is 0.968 bits per heavy atom. The SMILES string of the molecule is COc1ccc(NC(=O)COc2ccccc2Cl)cc1NC(=O)c1ccc(Cl)cc1F. The molecule has 31 heavy (non-hydrogen) atoms. The number of rotatable bonds is 7. The molecule has 2 N–H and O–H groups in total. The van der Waals surface area contributed by atoms with E-state index in [0.717, 1.165) is 6.07 Å². The Labute approximate surface area is 187 Å². The van der Waals surface area contributed by atoms with Crippen LogP contribution in [0.25, 0.3) is 0 Å². The second-order valence-corrected chi connectivity index (χ2v) is 7.10. The summed E-state index contributed by atoms with van der Waals surface area (Å²) in [5.74, 6) is -1.19. The lowest BCUT2D eigenvalue weighted by atomic mass is 10.2. The summed E-state index contributed by atoms with van der Waals surface area (Å²) < 4.78 is 24.7. The Bertz CT molecular complexity index is 1120. The molecule has 0 radical (unpaired) electrons. The van der Waals surface area contributed by atoms with E-state index in [1.807, 2.05) is 0 Å². The standard InChI is InChI=1S/C22H17Cl2FN2O4/c1-30-20-9-7-14(26-21(28)12-31-19-5-3-2-4-16(19)24)11-18(20)27-22(29)15-8-6-13(23)10-17(15)25/h2-11H,12H2,1H3,(H,26,28)(H,27,29). The number of anilines is 2. The fourth-order valence-electron chi connectivity index (χ4n) is 2.65. The number of benzene rings is 3. The predicted octanol–water partition coefficient (Wildman–Crippen LogP) is 5.41. The maximum atomic E-state index is 14.0. The van der Waals surface area contributed by atoms with Crippen molar-refractivity contribution in [2.75, 3.05) is 24.4 Å². The zero-order chi connectivity index (χ0) is 22.4. The van der Waals surface area contributed by atoms with E-state index in [-0.39, 0.29) is 22.9 Å². The summed E-state index contributed by atoms with van der Waals surface area (Å²) in [6.45, 7) is -0.270. The first-order valence-corrected chi connectivity index (χ1v) is 9.74. The van der Waals surface area contributed by atoms with Crippen molar-refractivity contribution in [2.24, 2.45) is 0 Å². The number of carbonyl (C=O) groups is 2. The molecule has 0 aliphatic carbocycles. The van der Waals surface area contributed by atoms with Crippen LogP contribution in [0.5, 0.6) is 11.5 Å². The summed E-state index contributed by atoms with van der Waals surface area (Å²) in [5, 5.41) is 5.78. The van der Waals surface area contributed by atoms with Gasteiger partial charge < -0.3 is 20.1 Å². The highest BCUT2D eigenvalue weighted by atomic mass is 35.5. The number of para-hydroxylation sites is 1. The Kier molecular flexibility index (Phi) is 7.33. The van der Waals surface area contributed by atoms with Crippen LogP contribution in [0.3, 0.4) is 0 Å². The number of methoxy groups -OCH3 is 1. The van der Waals surface area contributed by atoms with Gasteiger partial charge in [-0.05, 0) is 48.5 Å². The first-order valence-electron chi connectivity index (χ1n) is 8.99. The summed E-state index contributed by atoms with van der Waals surface area (Å²) in [4.78, 5) is 24.7. The van der Waals surface area contributed by atoms with Gasteiger partial charge in [0, 0.05) is 10.7 Å². The molecular weight excluding hydrogens is 446 g/mol. The van der Waals surface area contributed by atoms with Crippen LogP contribution in [-0.2, 0) is 4.79 Å². The lowest BCUT2D eigenvalue weighted by Gasteiger charge is -2.13. The second-order valence-electron chi connectivity index (χ2n) is 6.26. The fourth-order valence-corrected chi connectivity index (χ4v) is 3.00. The van der Waals surface area contributed by atoms with Crippen molar-refractivity contribution in [2.45, 2.75) is 0 Å². The van der Waals surface area contributed by atoms with Crippen LogP contribution in [0.4, 0.5) is 15.8 Å². The zero-order valence-electron chi connectivity index (χ0n) is 16.2. The minimum Gasteiger partial charge on any atom is -0.495 e. The highest BCUT2D eigenvalue weighted by Crippen LogP contribution is 2.29. The summed E-state index contributed by atoms with van der Waals surface area (Å²) in [7, 11) is 1.42. The van der Waals surface area contributed by atoms with E-state index in [9.17, 15) is 14.0 Å². The molecule has 0 saturated carbocycles. The maximum Gasteiger partial charge on any atom is 0.262 e. The number of carbonyl (C=O) groups excluding carboxylic acids is 2.